The fraction of sp³-hybridized carbons (Fsp3) is 1.00. The maximum Gasteiger partial charge on any atom is 0.0217 e. The van der Waals surface area contributed by atoms with Crippen molar-refractivity contribution < 1.29 is 0 Å². The lowest BCUT2D eigenvalue weighted by molar-refractivity contribution is 0.213. The molecule has 1 atom stereocenters. The average Bonchev–Trinajstić information content (AvgIpc) is 2.62. The summed E-state index contributed by atoms with van der Waals surface area (Å²) >= 11 is 0. The summed E-state index contributed by atoms with van der Waals surface area (Å²) in [5, 5.41) is 3.69. The molecule has 1 aliphatic carbocycles. The highest BCUT2D eigenvalue weighted by Crippen LogP contribution is 2.26. The van der Waals surface area contributed by atoms with E-state index >= 15 is 0 Å². The van der Waals surface area contributed by atoms with Crippen LogP contribution in [0.1, 0.15) is 46.0 Å². The number of nitrogens with zero attached hydrogens (tertiary/aromatic N) is 1. The molecule has 94 valence electrons. The van der Waals surface area contributed by atoms with E-state index in [1.807, 2.05) is 0 Å². The van der Waals surface area contributed by atoms with Crippen LogP contribution >= 0.6 is 0 Å². The second-order valence-electron chi connectivity index (χ2n) is 6.07. The summed E-state index contributed by atoms with van der Waals surface area (Å²) in [7, 11) is 0. The summed E-state index contributed by atoms with van der Waals surface area (Å²) in [4.78, 5) is 2.72. The molecule has 1 unspecified atom stereocenters. The molecule has 2 heteroatoms. The largest absolute Gasteiger partial charge is 0.312 e. The van der Waals surface area contributed by atoms with Gasteiger partial charge in [0.05, 0.1) is 0 Å². The molecule has 1 aliphatic heterocycles. The first kappa shape index (κ1) is 12.4. The molecule has 0 bridgehead atoms. The molecular weight excluding hydrogens is 196 g/mol. The van der Waals surface area contributed by atoms with E-state index in [1.54, 1.807) is 0 Å². The zero-order valence-corrected chi connectivity index (χ0v) is 11.0. The number of nitrogens with one attached hydrogen (secondary N) is 1. The van der Waals surface area contributed by atoms with Gasteiger partial charge in [0.2, 0.25) is 0 Å². The van der Waals surface area contributed by atoms with Crippen molar-refractivity contribution in [1.29, 1.82) is 0 Å². The van der Waals surface area contributed by atoms with Crippen molar-refractivity contribution in [2.75, 3.05) is 26.2 Å². The SMILES string of the molecule is CC(C)C1CN(CC2CCCC2)CCCN1. The molecule has 0 aromatic carbocycles. The van der Waals surface area contributed by atoms with E-state index in [0.29, 0.717) is 6.04 Å². The minimum atomic E-state index is 0.712. The molecule has 2 nitrogen and oxygen atoms in total. The van der Waals surface area contributed by atoms with Gasteiger partial charge in [-0.3, -0.25) is 0 Å². The fourth-order valence-corrected chi connectivity index (χ4v) is 3.19. The molecule has 0 radical (unpaired) electrons. The second-order valence-corrected chi connectivity index (χ2v) is 6.07. The van der Waals surface area contributed by atoms with Gasteiger partial charge < -0.3 is 10.2 Å². The van der Waals surface area contributed by atoms with Crippen molar-refractivity contribution in [2.24, 2.45) is 11.8 Å². The number of rotatable bonds is 3. The van der Waals surface area contributed by atoms with Crippen LogP contribution < -0.4 is 5.32 Å². The van der Waals surface area contributed by atoms with Gasteiger partial charge >= 0.3 is 0 Å². The Morgan fingerprint density at radius 2 is 1.94 bits per heavy atom. The molecule has 0 aromatic rings. The van der Waals surface area contributed by atoms with Gasteiger partial charge in [-0.2, -0.15) is 0 Å². The summed E-state index contributed by atoms with van der Waals surface area (Å²) in [5.74, 6) is 1.77. The van der Waals surface area contributed by atoms with Gasteiger partial charge in [-0.1, -0.05) is 26.7 Å². The smallest absolute Gasteiger partial charge is 0.0217 e. The Labute approximate surface area is 101 Å². The summed E-state index contributed by atoms with van der Waals surface area (Å²) in [6.07, 6.45) is 7.25. The van der Waals surface area contributed by atoms with Gasteiger partial charge in [-0.05, 0) is 44.2 Å². The van der Waals surface area contributed by atoms with Crippen LogP contribution in [0.5, 0.6) is 0 Å². The molecule has 0 aromatic heterocycles. The minimum absolute atomic E-state index is 0.712. The molecular formula is C14H28N2. The lowest BCUT2D eigenvalue weighted by atomic mass is 10.0. The van der Waals surface area contributed by atoms with Crippen molar-refractivity contribution in [3.05, 3.63) is 0 Å². The molecule has 1 saturated heterocycles. The normalized spacial score (nSPS) is 29.8. The first-order valence-electron chi connectivity index (χ1n) is 7.21. The topological polar surface area (TPSA) is 15.3 Å². The third kappa shape index (κ3) is 3.46. The van der Waals surface area contributed by atoms with Crippen molar-refractivity contribution in [3.63, 3.8) is 0 Å². The van der Waals surface area contributed by atoms with Gasteiger partial charge in [0.25, 0.3) is 0 Å². The second kappa shape index (κ2) is 6.02. The first-order chi connectivity index (χ1) is 7.75. The Kier molecular flexibility index (Phi) is 4.66. The van der Waals surface area contributed by atoms with Crippen molar-refractivity contribution in [3.8, 4) is 0 Å². The average molecular weight is 224 g/mol. The molecule has 0 spiro atoms. The van der Waals surface area contributed by atoms with Crippen LogP contribution in [0.4, 0.5) is 0 Å². The van der Waals surface area contributed by atoms with E-state index in [-0.39, 0.29) is 0 Å². The van der Waals surface area contributed by atoms with Gasteiger partial charge in [-0.25, -0.2) is 0 Å². The number of hydrogen-bond acceptors (Lipinski definition) is 2. The van der Waals surface area contributed by atoms with Crippen LogP contribution in [-0.4, -0.2) is 37.1 Å². The zero-order chi connectivity index (χ0) is 11.4. The molecule has 1 N–H and O–H groups in total. The Balaban J connectivity index is 1.82. The fourth-order valence-electron chi connectivity index (χ4n) is 3.19. The minimum Gasteiger partial charge on any atom is -0.312 e. The standard InChI is InChI=1S/C14H28N2/c1-12(2)14-11-16(9-5-8-15-14)10-13-6-3-4-7-13/h12-15H,3-11H2,1-2H3. The molecule has 1 saturated carbocycles. The van der Waals surface area contributed by atoms with Crippen LogP contribution in [0.15, 0.2) is 0 Å². The Hall–Kier alpha value is -0.0800. The van der Waals surface area contributed by atoms with Gasteiger partial charge in [0, 0.05) is 19.1 Å². The van der Waals surface area contributed by atoms with Crippen LogP contribution in [0.3, 0.4) is 0 Å². The van der Waals surface area contributed by atoms with E-state index in [1.165, 1.54) is 58.3 Å². The third-order valence-corrected chi connectivity index (χ3v) is 4.31. The van der Waals surface area contributed by atoms with Gasteiger partial charge in [0.1, 0.15) is 0 Å². The molecule has 0 amide bonds. The van der Waals surface area contributed by atoms with E-state index in [0.717, 1.165) is 11.8 Å². The van der Waals surface area contributed by atoms with E-state index < -0.39 is 0 Å². The van der Waals surface area contributed by atoms with Crippen molar-refractivity contribution in [2.45, 2.75) is 52.0 Å². The van der Waals surface area contributed by atoms with Crippen LogP contribution in [0, 0.1) is 11.8 Å². The molecule has 2 rings (SSSR count). The predicted molar refractivity (Wildman–Crippen MR) is 69.6 cm³/mol. The van der Waals surface area contributed by atoms with Crippen LogP contribution in [-0.2, 0) is 0 Å². The zero-order valence-electron chi connectivity index (χ0n) is 11.0. The first-order valence-corrected chi connectivity index (χ1v) is 7.21. The molecule has 1 heterocycles. The summed E-state index contributed by atoms with van der Waals surface area (Å²) < 4.78 is 0. The third-order valence-electron chi connectivity index (χ3n) is 4.31. The maximum atomic E-state index is 3.69. The summed E-state index contributed by atoms with van der Waals surface area (Å²) in [6, 6.07) is 0.712. The summed E-state index contributed by atoms with van der Waals surface area (Å²) in [6.45, 7) is 9.85. The van der Waals surface area contributed by atoms with Crippen molar-refractivity contribution in [1.82, 2.24) is 10.2 Å². The van der Waals surface area contributed by atoms with Gasteiger partial charge in [-0.15, -0.1) is 0 Å². The molecule has 2 fully saturated rings. The Bertz CT molecular complexity index is 197. The monoisotopic (exact) mass is 224 g/mol. The number of hydrogen-bond donors (Lipinski definition) is 1. The lowest BCUT2D eigenvalue weighted by Gasteiger charge is -2.28. The maximum absolute atomic E-state index is 3.69. The van der Waals surface area contributed by atoms with Crippen molar-refractivity contribution >= 4 is 0 Å². The highest BCUT2D eigenvalue weighted by Gasteiger charge is 2.23. The highest BCUT2D eigenvalue weighted by atomic mass is 15.2. The Morgan fingerprint density at radius 1 is 1.19 bits per heavy atom. The summed E-state index contributed by atoms with van der Waals surface area (Å²) in [5.41, 5.74) is 0. The highest BCUT2D eigenvalue weighted by molar-refractivity contribution is 4.81. The molecule has 16 heavy (non-hydrogen) atoms. The van der Waals surface area contributed by atoms with Crippen LogP contribution in [0.25, 0.3) is 0 Å². The van der Waals surface area contributed by atoms with Gasteiger partial charge in [0.15, 0.2) is 0 Å². The Morgan fingerprint density at radius 3 is 2.62 bits per heavy atom. The van der Waals surface area contributed by atoms with E-state index in [9.17, 15) is 0 Å². The van der Waals surface area contributed by atoms with E-state index in [4.69, 9.17) is 0 Å². The van der Waals surface area contributed by atoms with Crippen LogP contribution in [0.2, 0.25) is 0 Å². The van der Waals surface area contributed by atoms with E-state index in [2.05, 4.69) is 24.1 Å². The molecule has 2 aliphatic rings. The quantitative estimate of drug-likeness (QED) is 0.792. The lowest BCUT2D eigenvalue weighted by Crippen LogP contribution is -2.42. The predicted octanol–water partition coefficient (Wildman–Crippen LogP) is 2.50.